The van der Waals surface area contributed by atoms with Crippen molar-refractivity contribution in [1.29, 1.82) is 0 Å². The summed E-state index contributed by atoms with van der Waals surface area (Å²) in [5, 5.41) is 22.5. The maximum absolute atomic E-state index is 13.8. The maximum atomic E-state index is 13.8. The molecule has 0 aromatic heterocycles. The molecule has 0 radical (unpaired) electrons. The van der Waals surface area contributed by atoms with Gasteiger partial charge in [0, 0.05) is 23.6 Å². The Labute approximate surface area is 246 Å². The Kier molecular flexibility index (Phi) is 8.78. The van der Waals surface area contributed by atoms with Crippen molar-refractivity contribution in [1.82, 2.24) is 0 Å². The summed E-state index contributed by atoms with van der Waals surface area (Å²) < 4.78 is 31.8. The summed E-state index contributed by atoms with van der Waals surface area (Å²) in [7, 11) is 3.19. The van der Waals surface area contributed by atoms with Crippen molar-refractivity contribution in [3.05, 3.63) is 11.6 Å². The van der Waals surface area contributed by atoms with Crippen molar-refractivity contribution in [2.45, 2.75) is 121 Å². The number of esters is 1. The van der Waals surface area contributed by atoms with Crippen molar-refractivity contribution >= 4 is 27.7 Å². The minimum Gasteiger partial charge on any atom is -0.458 e. The van der Waals surface area contributed by atoms with Crippen LogP contribution in [0.25, 0.3) is 0 Å². The lowest BCUT2D eigenvalue weighted by Gasteiger charge is -2.46. The number of alkyl halides is 1. The third-order valence-electron chi connectivity index (χ3n) is 9.43. The lowest BCUT2D eigenvalue weighted by molar-refractivity contribution is -1.09. The van der Waals surface area contributed by atoms with E-state index in [4.69, 9.17) is 23.7 Å². The molecule has 3 saturated heterocycles. The summed E-state index contributed by atoms with van der Waals surface area (Å²) in [4.78, 5) is 27.1. The predicted molar refractivity (Wildman–Crippen MR) is 148 cm³/mol. The minimum absolute atomic E-state index is 0.139. The predicted octanol–water partition coefficient (Wildman–Crippen LogP) is 3.50. The lowest BCUT2D eigenvalue weighted by Crippen LogP contribution is -2.63. The number of fused-ring (bicyclic) bond motifs is 2. The number of halogens is 1. The standard InChI is InChI=1S/C29H47BrNO9/c1-10-21-27(6)13-19(14-30)29(39-27)15(2)12-28(7,40-29)24(17(4)22(32)18(5)25(34)37-21)38-26-23(33)20(31(8,9)35)11-16(3)36-26/h13,15-18,20-21,23-24,26,33,35H,10-12,14H2,1-9H3/q+1/t15?,16-,17+,18-,20+,21-,23-,24-,26+,27?,28-,29?/m1/s1. The molecule has 228 valence electrons. The number of nitrogens with zero attached hydrogens (tertiary/aromatic N) is 1. The number of carbonyl (C=O) groups excluding carboxylic acids is 2. The number of carbonyl (C=O) groups is 2. The Balaban J connectivity index is 1.80. The Bertz CT molecular complexity index is 1030. The molecule has 3 bridgehead atoms. The molecule has 1 spiro atoms. The second-order valence-corrected chi connectivity index (χ2v) is 13.7. The average Bonchev–Trinajstić information content (AvgIpc) is 3.31. The van der Waals surface area contributed by atoms with Gasteiger partial charge in [-0.1, -0.05) is 36.7 Å². The van der Waals surface area contributed by atoms with E-state index < -0.39 is 70.1 Å². The fraction of sp³-hybridized carbons (Fsp3) is 0.862. The first kappa shape index (κ1) is 32.0. The van der Waals surface area contributed by atoms with Crippen LogP contribution >= 0.6 is 15.9 Å². The highest BCUT2D eigenvalue weighted by Crippen LogP contribution is 2.56. The topological polar surface area (TPSA) is 121 Å². The number of hydrogen-bond donors (Lipinski definition) is 2. The van der Waals surface area contributed by atoms with Gasteiger partial charge in [0.25, 0.3) is 0 Å². The van der Waals surface area contributed by atoms with E-state index in [1.165, 1.54) is 0 Å². The molecule has 12 atom stereocenters. The largest absolute Gasteiger partial charge is 0.458 e. The molecule has 2 N–H and O–H groups in total. The number of aliphatic hydroxyl groups is 1. The molecular formula is C29H47BrNO9+. The van der Waals surface area contributed by atoms with Gasteiger partial charge in [-0.3, -0.25) is 9.59 Å². The number of likely N-dealkylation sites (N-methyl/N-ethyl adjacent to an activating group) is 1. The van der Waals surface area contributed by atoms with Crippen LogP contribution in [0.2, 0.25) is 0 Å². The molecule has 0 aromatic rings. The Morgan fingerprint density at radius 2 is 1.80 bits per heavy atom. The van der Waals surface area contributed by atoms with Crippen LogP contribution < -0.4 is 0 Å². The van der Waals surface area contributed by atoms with Gasteiger partial charge < -0.3 is 28.8 Å². The molecule has 0 aromatic carbocycles. The summed E-state index contributed by atoms with van der Waals surface area (Å²) in [6.07, 6.45) is -0.763. The quantitative estimate of drug-likeness (QED) is 0.117. The fourth-order valence-electron chi connectivity index (χ4n) is 7.28. The number of hydroxylamine groups is 3. The van der Waals surface area contributed by atoms with E-state index in [1.54, 1.807) is 27.9 Å². The van der Waals surface area contributed by atoms with Crippen LogP contribution in [0.4, 0.5) is 0 Å². The molecule has 3 unspecified atom stereocenters. The number of aliphatic hydroxyl groups excluding tert-OH is 1. The van der Waals surface area contributed by atoms with Crippen LogP contribution in [0.5, 0.6) is 0 Å². The molecule has 4 heterocycles. The van der Waals surface area contributed by atoms with Gasteiger partial charge in [-0.2, -0.15) is 4.65 Å². The second kappa shape index (κ2) is 11.0. The molecule has 4 aliphatic rings. The van der Waals surface area contributed by atoms with Crippen molar-refractivity contribution in [3.8, 4) is 0 Å². The number of quaternary nitrogens is 1. The molecule has 10 nitrogen and oxygen atoms in total. The third kappa shape index (κ3) is 5.34. The van der Waals surface area contributed by atoms with Gasteiger partial charge in [0.05, 0.1) is 31.9 Å². The van der Waals surface area contributed by atoms with E-state index in [0.29, 0.717) is 24.6 Å². The number of ether oxygens (including phenoxy) is 5. The Morgan fingerprint density at radius 1 is 1.15 bits per heavy atom. The van der Waals surface area contributed by atoms with E-state index in [2.05, 4.69) is 15.9 Å². The lowest BCUT2D eigenvalue weighted by atomic mass is 9.79. The Hall–Kier alpha value is -0.920. The number of ketones is 1. The average molecular weight is 634 g/mol. The molecular weight excluding hydrogens is 586 g/mol. The highest BCUT2D eigenvalue weighted by atomic mass is 79.9. The first-order chi connectivity index (χ1) is 18.4. The third-order valence-corrected chi connectivity index (χ3v) is 10.0. The summed E-state index contributed by atoms with van der Waals surface area (Å²) in [6, 6.07) is -0.574. The highest BCUT2D eigenvalue weighted by molar-refractivity contribution is 9.09. The zero-order valence-corrected chi connectivity index (χ0v) is 26.8. The number of hydrogen-bond acceptors (Lipinski definition) is 9. The van der Waals surface area contributed by atoms with Gasteiger partial charge in [-0.05, 0) is 52.2 Å². The first-order valence-corrected chi connectivity index (χ1v) is 15.5. The van der Waals surface area contributed by atoms with E-state index in [-0.39, 0.29) is 17.8 Å². The summed E-state index contributed by atoms with van der Waals surface area (Å²) in [6.45, 7) is 12.9. The van der Waals surface area contributed by atoms with Gasteiger partial charge in [0.15, 0.2) is 30.0 Å². The molecule has 4 aliphatic heterocycles. The smallest absolute Gasteiger partial charge is 0.316 e. The van der Waals surface area contributed by atoms with Gasteiger partial charge in [-0.15, -0.1) is 0 Å². The van der Waals surface area contributed by atoms with Crippen LogP contribution in [0, 0.1) is 17.8 Å². The zero-order valence-electron chi connectivity index (χ0n) is 25.2. The molecule has 0 saturated carbocycles. The Morgan fingerprint density at radius 3 is 2.38 bits per heavy atom. The van der Waals surface area contributed by atoms with Crippen molar-refractivity contribution in [2.24, 2.45) is 17.8 Å². The maximum Gasteiger partial charge on any atom is 0.316 e. The highest BCUT2D eigenvalue weighted by Gasteiger charge is 2.65. The summed E-state index contributed by atoms with van der Waals surface area (Å²) in [5.74, 6) is -4.10. The van der Waals surface area contributed by atoms with Crippen molar-refractivity contribution < 1.29 is 48.2 Å². The first-order valence-electron chi connectivity index (χ1n) is 14.4. The zero-order chi connectivity index (χ0) is 30.0. The van der Waals surface area contributed by atoms with E-state index in [1.807, 2.05) is 40.7 Å². The second-order valence-electron chi connectivity index (χ2n) is 13.2. The van der Waals surface area contributed by atoms with Crippen LogP contribution in [-0.2, 0) is 33.3 Å². The van der Waals surface area contributed by atoms with E-state index >= 15 is 0 Å². The molecule has 3 fully saturated rings. The number of cyclic esters (lactones) is 1. The SMILES string of the molecule is CC[C@H]1OC(=O)[C@H](C)C(=O)[C@H](C)[C@@H](O[C@@H]2O[C@H](C)C[C@H]([N+](C)(C)O)[C@H]2O)[C@@]2(C)CC(C)C3(OC1(C)C=C3CBr)O2. The number of Topliss-reactive ketones (excluding diaryl/α,β-unsaturated/α-hetero) is 1. The molecule has 0 aliphatic carbocycles. The van der Waals surface area contributed by atoms with E-state index in [0.717, 1.165) is 5.57 Å². The molecule has 0 amide bonds. The van der Waals surface area contributed by atoms with Crippen molar-refractivity contribution in [3.63, 3.8) is 0 Å². The fourth-order valence-corrected chi connectivity index (χ4v) is 7.83. The van der Waals surface area contributed by atoms with Gasteiger partial charge in [0.1, 0.15) is 17.6 Å². The van der Waals surface area contributed by atoms with Crippen molar-refractivity contribution in [2.75, 3.05) is 19.4 Å². The van der Waals surface area contributed by atoms with Crippen LogP contribution in [-0.4, -0.2) is 99.9 Å². The van der Waals surface area contributed by atoms with Gasteiger partial charge in [0.2, 0.25) is 0 Å². The monoisotopic (exact) mass is 632 g/mol. The van der Waals surface area contributed by atoms with Gasteiger partial charge >= 0.3 is 5.97 Å². The molecule has 4 rings (SSSR count). The van der Waals surface area contributed by atoms with Gasteiger partial charge in [-0.25, -0.2) is 5.21 Å². The summed E-state index contributed by atoms with van der Waals surface area (Å²) >= 11 is 3.62. The molecule has 40 heavy (non-hydrogen) atoms. The van der Waals surface area contributed by atoms with E-state index in [9.17, 15) is 19.9 Å². The van der Waals surface area contributed by atoms with Crippen LogP contribution in [0.3, 0.4) is 0 Å². The minimum atomic E-state index is -1.17. The van der Waals surface area contributed by atoms with Crippen LogP contribution in [0.1, 0.15) is 67.7 Å². The van der Waals surface area contributed by atoms with Crippen LogP contribution in [0.15, 0.2) is 11.6 Å². The summed E-state index contributed by atoms with van der Waals surface area (Å²) in [5.41, 5.74) is -1.13. The number of rotatable bonds is 5. The molecule has 11 heteroatoms. The normalized spacial score (nSPS) is 48.3.